The molecule has 0 radical (unpaired) electrons. The normalized spacial score (nSPS) is 11.7. The van der Waals surface area contributed by atoms with Crippen LogP contribution >= 0.6 is 0 Å². The number of rotatable bonds is 14. The highest BCUT2D eigenvalue weighted by Gasteiger charge is 2.20. The molecule has 0 aromatic heterocycles. The summed E-state index contributed by atoms with van der Waals surface area (Å²) in [5.41, 5.74) is 21.1. The molecule has 2 N–H and O–H groups in total. The van der Waals surface area contributed by atoms with Gasteiger partial charge in [-0.2, -0.15) is 0 Å². The first-order valence-electron chi connectivity index (χ1n) is 23.8. The van der Waals surface area contributed by atoms with E-state index in [-0.39, 0.29) is 16.9 Å². The summed E-state index contributed by atoms with van der Waals surface area (Å²) < 4.78 is 0. The number of hydrogen-bond acceptors (Lipinski definition) is 6. The van der Waals surface area contributed by atoms with Gasteiger partial charge >= 0.3 is 0 Å². The molecule has 0 atom stereocenters. The number of anilines is 6. The molecule has 0 aliphatic carbocycles. The Hall–Kier alpha value is -7.70. The van der Waals surface area contributed by atoms with E-state index in [1.165, 1.54) is 22.3 Å². The smallest absolute Gasteiger partial charge is 0.124 e. The number of nitrogens with zero attached hydrogens (tertiary/aromatic N) is 4. The van der Waals surface area contributed by atoms with E-state index in [2.05, 4.69) is 212 Å². The first-order chi connectivity index (χ1) is 33.0. The van der Waals surface area contributed by atoms with Crippen LogP contribution in [0.2, 0.25) is 0 Å². The summed E-state index contributed by atoms with van der Waals surface area (Å²) in [6.45, 7) is 22.2. The minimum absolute atomic E-state index is 0.183. The van der Waals surface area contributed by atoms with Crippen LogP contribution in [0.5, 0.6) is 11.5 Å². The number of aromatic hydroxyl groups is 2. The van der Waals surface area contributed by atoms with E-state index in [9.17, 15) is 10.2 Å². The van der Waals surface area contributed by atoms with Gasteiger partial charge in [0, 0.05) is 76.2 Å². The van der Waals surface area contributed by atoms with Gasteiger partial charge in [0.15, 0.2) is 0 Å². The molecule has 0 aliphatic heterocycles. The summed E-state index contributed by atoms with van der Waals surface area (Å²) >= 11 is 0. The van der Waals surface area contributed by atoms with Gasteiger partial charge in [-0.25, -0.2) is 0 Å². The van der Waals surface area contributed by atoms with Crippen molar-refractivity contribution in [3.05, 3.63) is 213 Å². The fourth-order valence-electron chi connectivity index (χ4n) is 9.17. The minimum Gasteiger partial charge on any atom is -0.507 e. The highest BCUT2D eigenvalue weighted by molar-refractivity contribution is 5.89. The molecule has 8 aromatic carbocycles. The van der Waals surface area contributed by atoms with Gasteiger partial charge in [0.05, 0.1) is 0 Å². The zero-order chi connectivity index (χ0) is 49.0. The molecule has 69 heavy (non-hydrogen) atoms. The van der Waals surface area contributed by atoms with E-state index in [4.69, 9.17) is 9.98 Å². The lowest BCUT2D eigenvalue weighted by atomic mass is 9.93. The van der Waals surface area contributed by atoms with Gasteiger partial charge in [-0.05, 0) is 197 Å². The van der Waals surface area contributed by atoms with E-state index < -0.39 is 0 Å². The van der Waals surface area contributed by atoms with E-state index in [1.807, 2.05) is 24.3 Å². The zero-order valence-electron chi connectivity index (χ0n) is 41.8. The molecule has 6 nitrogen and oxygen atoms in total. The maximum Gasteiger partial charge on any atom is 0.124 e. The summed E-state index contributed by atoms with van der Waals surface area (Å²) in [6, 6.07) is 55.1. The van der Waals surface area contributed by atoms with Gasteiger partial charge in [0.2, 0.25) is 0 Å². The van der Waals surface area contributed by atoms with Crippen molar-refractivity contribution in [2.75, 3.05) is 22.9 Å². The number of aryl methyl sites for hydroxylation is 8. The number of benzene rings is 8. The minimum atomic E-state index is -0.264. The van der Waals surface area contributed by atoms with Crippen molar-refractivity contribution in [3.8, 4) is 33.8 Å². The van der Waals surface area contributed by atoms with Gasteiger partial charge in [-0.15, -0.1) is 0 Å². The largest absolute Gasteiger partial charge is 0.507 e. The molecule has 6 heteroatoms. The van der Waals surface area contributed by atoms with Gasteiger partial charge in [-0.1, -0.05) is 96.8 Å². The van der Waals surface area contributed by atoms with E-state index in [0.717, 1.165) is 78.6 Å². The maximum atomic E-state index is 11.3. The van der Waals surface area contributed by atoms with Crippen molar-refractivity contribution in [1.82, 2.24) is 0 Å². The lowest BCUT2D eigenvalue weighted by molar-refractivity contribution is 0.396. The predicted octanol–water partition coefficient (Wildman–Crippen LogP) is 16.4. The summed E-state index contributed by atoms with van der Waals surface area (Å²) in [4.78, 5) is 14.1. The van der Waals surface area contributed by atoms with E-state index >= 15 is 0 Å². The van der Waals surface area contributed by atoms with Crippen LogP contribution in [0.1, 0.15) is 69.5 Å². The fourth-order valence-corrected chi connectivity index (χ4v) is 9.17. The molecule has 8 rings (SSSR count). The third-order valence-corrected chi connectivity index (χ3v) is 12.9. The van der Waals surface area contributed by atoms with E-state index in [1.54, 1.807) is 12.4 Å². The number of hydrogen-bond donors (Lipinski definition) is 2. The molecule has 0 heterocycles. The van der Waals surface area contributed by atoms with Crippen molar-refractivity contribution in [3.63, 3.8) is 0 Å². The topological polar surface area (TPSA) is 71.7 Å². The molecule has 0 fully saturated rings. The zero-order valence-corrected chi connectivity index (χ0v) is 41.8. The van der Waals surface area contributed by atoms with Crippen molar-refractivity contribution >= 4 is 46.6 Å². The molecule has 348 valence electrons. The highest BCUT2D eigenvalue weighted by Crippen LogP contribution is 2.42. The third kappa shape index (κ3) is 11.0. The summed E-state index contributed by atoms with van der Waals surface area (Å²) in [6.07, 6.45) is 3.50. The number of phenolic OH excluding ortho intramolecular Hbond substituents is 2. The standard InChI is InChI=1S/C63H64N4O2/c1-41-11-23-53(24-12-41)66(54-25-13-42(2)14-26-54)57-31-45(5)61(46(6)32-57)49-19-21-51(59(68)35-49)37-64-39-63(9,10)40-65-38-52-22-20-50(36-60(52)69)62-47(7)33-58(34-48(62)8)67(55-27-15-43(3)16-28-55)56-29-17-44(4)18-30-56/h11-38,68-69H,39-40H2,1-10H3. The van der Waals surface area contributed by atoms with Gasteiger partial charge < -0.3 is 20.0 Å². The first-order valence-corrected chi connectivity index (χ1v) is 23.8. The molecule has 0 saturated heterocycles. The average Bonchev–Trinajstić information content (AvgIpc) is 3.30. The lowest BCUT2D eigenvalue weighted by Crippen LogP contribution is -2.19. The first kappa shape index (κ1) is 47.8. The summed E-state index contributed by atoms with van der Waals surface area (Å²) in [7, 11) is 0. The molecule has 0 unspecified atom stereocenters. The molecular weight excluding hydrogens is 845 g/mol. The SMILES string of the molecule is Cc1ccc(N(c2ccc(C)cc2)c2cc(C)c(-c3ccc(C=NCC(C)(C)CN=Cc4ccc(-c5c(C)cc(N(c6ccc(C)cc6)c6ccc(C)cc6)cc5C)cc4O)c(O)c3)c(C)c2)cc1. The Kier molecular flexibility index (Phi) is 14.0. The lowest BCUT2D eigenvalue weighted by Gasteiger charge is -2.27. The molecule has 0 aliphatic rings. The highest BCUT2D eigenvalue weighted by atomic mass is 16.3. The Labute approximate surface area is 409 Å². The van der Waals surface area contributed by atoms with Crippen LogP contribution in [-0.2, 0) is 0 Å². The second kappa shape index (κ2) is 20.3. The summed E-state index contributed by atoms with van der Waals surface area (Å²) in [5.74, 6) is 0.366. The Morgan fingerprint density at radius 2 is 0.652 bits per heavy atom. The van der Waals surface area contributed by atoms with Crippen LogP contribution in [0.3, 0.4) is 0 Å². The van der Waals surface area contributed by atoms with Gasteiger partial charge in [0.1, 0.15) is 11.5 Å². The van der Waals surface area contributed by atoms with E-state index in [0.29, 0.717) is 24.2 Å². The van der Waals surface area contributed by atoms with Crippen LogP contribution in [0, 0.1) is 60.8 Å². The van der Waals surface area contributed by atoms with Crippen LogP contribution in [0.25, 0.3) is 22.3 Å². The number of phenols is 2. The molecular formula is C63H64N4O2. The monoisotopic (exact) mass is 909 g/mol. The molecule has 0 bridgehead atoms. The van der Waals surface area contributed by atoms with Gasteiger partial charge in [0.25, 0.3) is 0 Å². The predicted molar refractivity (Wildman–Crippen MR) is 293 cm³/mol. The average molecular weight is 909 g/mol. The van der Waals surface area contributed by atoms with Crippen LogP contribution in [-0.4, -0.2) is 35.7 Å². The second-order valence-electron chi connectivity index (χ2n) is 19.6. The molecule has 0 spiro atoms. The second-order valence-corrected chi connectivity index (χ2v) is 19.6. The summed E-state index contributed by atoms with van der Waals surface area (Å²) in [5, 5.41) is 22.5. The van der Waals surface area contributed by atoms with Crippen molar-refractivity contribution in [2.24, 2.45) is 15.4 Å². The van der Waals surface area contributed by atoms with Crippen LogP contribution < -0.4 is 9.80 Å². The quantitative estimate of drug-likeness (QED) is 0.107. The van der Waals surface area contributed by atoms with Crippen LogP contribution in [0.15, 0.2) is 168 Å². The third-order valence-electron chi connectivity index (χ3n) is 12.9. The molecule has 0 saturated carbocycles. The van der Waals surface area contributed by atoms with Crippen molar-refractivity contribution < 1.29 is 10.2 Å². The van der Waals surface area contributed by atoms with Crippen molar-refractivity contribution in [2.45, 2.75) is 69.2 Å². The molecule has 8 aromatic rings. The van der Waals surface area contributed by atoms with Crippen LogP contribution in [0.4, 0.5) is 34.1 Å². The maximum absolute atomic E-state index is 11.3. The van der Waals surface area contributed by atoms with Crippen molar-refractivity contribution in [1.29, 1.82) is 0 Å². The molecule has 0 amide bonds. The number of aliphatic imine (C=N–C) groups is 2. The van der Waals surface area contributed by atoms with Gasteiger partial charge in [-0.3, -0.25) is 9.98 Å². The fraction of sp³-hybridized carbons (Fsp3) is 0.206. The Balaban J connectivity index is 0.928. The Bertz CT molecular complexity index is 2810. The Morgan fingerprint density at radius 3 is 0.913 bits per heavy atom. The Morgan fingerprint density at radius 1 is 0.377 bits per heavy atom.